The molecule has 0 aliphatic rings. The third kappa shape index (κ3) is 3.08. The maximum Gasteiger partial charge on any atom is 0.259 e. The SMILES string of the molecule is Cc1nn(-c2ccc(F)cc2F)c(C)c1C(=O)Nc1ccccc1O. The second-order valence-electron chi connectivity index (χ2n) is 5.52. The zero-order chi connectivity index (χ0) is 18.1. The van der Waals surface area contributed by atoms with Crippen LogP contribution in [-0.4, -0.2) is 20.8 Å². The van der Waals surface area contributed by atoms with Gasteiger partial charge in [-0.2, -0.15) is 5.10 Å². The average Bonchev–Trinajstić information content (AvgIpc) is 2.84. The van der Waals surface area contributed by atoms with Gasteiger partial charge in [-0.05, 0) is 38.1 Å². The van der Waals surface area contributed by atoms with Crippen LogP contribution in [0.3, 0.4) is 0 Å². The normalized spacial score (nSPS) is 10.7. The number of phenolic OH excluding ortho intramolecular Hbond substituents is 1. The van der Waals surface area contributed by atoms with Crippen LogP contribution in [0.2, 0.25) is 0 Å². The zero-order valence-corrected chi connectivity index (χ0v) is 13.5. The Bertz CT molecular complexity index is 967. The van der Waals surface area contributed by atoms with E-state index in [2.05, 4.69) is 10.4 Å². The van der Waals surface area contributed by atoms with Crippen LogP contribution in [-0.2, 0) is 0 Å². The van der Waals surface area contributed by atoms with E-state index in [1.807, 2.05) is 0 Å². The number of aryl methyl sites for hydroxylation is 1. The smallest absolute Gasteiger partial charge is 0.259 e. The van der Waals surface area contributed by atoms with Gasteiger partial charge in [-0.3, -0.25) is 4.79 Å². The standard InChI is InChI=1S/C18H15F2N3O2/c1-10-17(18(25)21-14-5-3-4-6-16(14)24)11(2)23(22-10)15-8-7-12(19)9-13(15)20/h3-9,24H,1-2H3,(H,21,25). The quantitative estimate of drug-likeness (QED) is 0.712. The van der Waals surface area contributed by atoms with Crippen LogP contribution in [0, 0.1) is 25.5 Å². The lowest BCUT2D eigenvalue weighted by molar-refractivity contribution is 0.102. The summed E-state index contributed by atoms with van der Waals surface area (Å²) in [4.78, 5) is 12.6. The highest BCUT2D eigenvalue weighted by atomic mass is 19.1. The summed E-state index contributed by atoms with van der Waals surface area (Å²) in [5, 5.41) is 16.6. The molecule has 1 aromatic heterocycles. The number of carbonyl (C=O) groups excluding carboxylic acids is 1. The molecule has 128 valence electrons. The van der Waals surface area contributed by atoms with Gasteiger partial charge in [0.25, 0.3) is 5.91 Å². The highest BCUT2D eigenvalue weighted by Crippen LogP contribution is 2.25. The lowest BCUT2D eigenvalue weighted by Crippen LogP contribution is -2.14. The summed E-state index contributed by atoms with van der Waals surface area (Å²) in [6.07, 6.45) is 0. The summed E-state index contributed by atoms with van der Waals surface area (Å²) in [6, 6.07) is 9.46. The molecule has 0 radical (unpaired) electrons. The van der Waals surface area contributed by atoms with Crippen molar-refractivity contribution in [2.45, 2.75) is 13.8 Å². The molecule has 0 aliphatic carbocycles. The predicted molar refractivity (Wildman–Crippen MR) is 89.0 cm³/mol. The Kier molecular flexibility index (Phi) is 4.22. The second kappa shape index (κ2) is 6.35. The van der Waals surface area contributed by atoms with Gasteiger partial charge in [-0.15, -0.1) is 0 Å². The van der Waals surface area contributed by atoms with Crippen molar-refractivity contribution < 1.29 is 18.7 Å². The zero-order valence-electron chi connectivity index (χ0n) is 13.5. The first-order chi connectivity index (χ1) is 11.9. The molecule has 1 amide bonds. The Morgan fingerprint density at radius 1 is 1.16 bits per heavy atom. The summed E-state index contributed by atoms with van der Waals surface area (Å²) in [6.45, 7) is 3.23. The van der Waals surface area contributed by atoms with E-state index in [0.29, 0.717) is 11.4 Å². The Morgan fingerprint density at radius 2 is 1.88 bits per heavy atom. The third-order valence-electron chi connectivity index (χ3n) is 3.81. The molecule has 5 nitrogen and oxygen atoms in total. The summed E-state index contributed by atoms with van der Waals surface area (Å²) < 4.78 is 28.4. The number of carbonyl (C=O) groups is 1. The Balaban J connectivity index is 2.00. The van der Waals surface area contributed by atoms with Crippen molar-refractivity contribution in [3.05, 3.63) is 71.1 Å². The summed E-state index contributed by atoms with van der Waals surface area (Å²) in [5.74, 6) is -2.02. The topological polar surface area (TPSA) is 67.2 Å². The van der Waals surface area contributed by atoms with E-state index >= 15 is 0 Å². The van der Waals surface area contributed by atoms with Gasteiger partial charge in [0.05, 0.1) is 22.6 Å². The maximum absolute atomic E-state index is 14.0. The number of halogens is 2. The first-order valence-corrected chi connectivity index (χ1v) is 7.49. The first-order valence-electron chi connectivity index (χ1n) is 7.49. The maximum atomic E-state index is 14.0. The summed E-state index contributed by atoms with van der Waals surface area (Å²) in [5.41, 5.74) is 1.34. The van der Waals surface area contributed by atoms with Gasteiger partial charge in [0.2, 0.25) is 0 Å². The van der Waals surface area contributed by atoms with Crippen molar-refractivity contribution in [1.82, 2.24) is 9.78 Å². The number of anilines is 1. The first kappa shape index (κ1) is 16.6. The van der Waals surface area contributed by atoms with Gasteiger partial charge >= 0.3 is 0 Å². The number of benzene rings is 2. The van der Waals surface area contributed by atoms with Gasteiger partial charge in [-0.25, -0.2) is 13.5 Å². The van der Waals surface area contributed by atoms with Gasteiger partial charge in [0.1, 0.15) is 17.3 Å². The van der Waals surface area contributed by atoms with E-state index in [9.17, 15) is 18.7 Å². The monoisotopic (exact) mass is 343 g/mol. The molecule has 25 heavy (non-hydrogen) atoms. The molecule has 2 aromatic carbocycles. The highest BCUT2D eigenvalue weighted by Gasteiger charge is 2.21. The van der Waals surface area contributed by atoms with Crippen LogP contribution >= 0.6 is 0 Å². The number of aromatic hydroxyl groups is 1. The lowest BCUT2D eigenvalue weighted by Gasteiger charge is -2.08. The molecule has 7 heteroatoms. The van der Waals surface area contributed by atoms with Crippen molar-refractivity contribution in [1.29, 1.82) is 0 Å². The molecule has 2 N–H and O–H groups in total. The second-order valence-corrected chi connectivity index (χ2v) is 5.52. The molecule has 3 rings (SSSR count). The van der Waals surface area contributed by atoms with Crippen LogP contribution in [0.25, 0.3) is 5.69 Å². The molecule has 0 unspecified atom stereocenters. The van der Waals surface area contributed by atoms with Crippen LogP contribution in [0.4, 0.5) is 14.5 Å². The fourth-order valence-corrected chi connectivity index (χ4v) is 2.62. The number of hydrogen-bond donors (Lipinski definition) is 2. The minimum atomic E-state index is -0.779. The predicted octanol–water partition coefficient (Wildman–Crippen LogP) is 3.73. The van der Waals surface area contributed by atoms with E-state index in [1.165, 1.54) is 16.8 Å². The number of para-hydroxylation sites is 2. The molecular weight excluding hydrogens is 328 g/mol. The Hall–Kier alpha value is -3.22. The van der Waals surface area contributed by atoms with E-state index in [1.54, 1.807) is 32.0 Å². The summed E-state index contributed by atoms with van der Waals surface area (Å²) in [7, 11) is 0. The largest absolute Gasteiger partial charge is 0.506 e. The molecule has 0 atom stereocenters. The van der Waals surface area contributed by atoms with E-state index in [-0.39, 0.29) is 22.7 Å². The molecule has 0 bridgehead atoms. The molecule has 1 heterocycles. The molecule has 0 spiro atoms. The number of amides is 1. The minimum Gasteiger partial charge on any atom is -0.506 e. The van der Waals surface area contributed by atoms with Crippen LogP contribution in [0.1, 0.15) is 21.7 Å². The van der Waals surface area contributed by atoms with Gasteiger partial charge < -0.3 is 10.4 Å². The molecular formula is C18H15F2N3O2. The third-order valence-corrected chi connectivity index (χ3v) is 3.81. The van der Waals surface area contributed by atoms with Gasteiger partial charge in [-0.1, -0.05) is 12.1 Å². The Morgan fingerprint density at radius 3 is 2.56 bits per heavy atom. The van der Waals surface area contributed by atoms with Crippen molar-refractivity contribution in [2.75, 3.05) is 5.32 Å². The Labute approximate surface area is 142 Å². The molecule has 0 fully saturated rings. The van der Waals surface area contributed by atoms with Gasteiger partial charge in [0, 0.05) is 6.07 Å². The van der Waals surface area contributed by atoms with Crippen molar-refractivity contribution in [3.63, 3.8) is 0 Å². The molecule has 0 aliphatic heterocycles. The van der Waals surface area contributed by atoms with Crippen molar-refractivity contribution in [2.24, 2.45) is 0 Å². The minimum absolute atomic E-state index is 0.0450. The fraction of sp³-hybridized carbons (Fsp3) is 0.111. The lowest BCUT2D eigenvalue weighted by atomic mass is 10.1. The van der Waals surface area contributed by atoms with Crippen molar-refractivity contribution >= 4 is 11.6 Å². The average molecular weight is 343 g/mol. The highest BCUT2D eigenvalue weighted by molar-refractivity contribution is 6.06. The number of rotatable bonds is 3. The van der Waals surface area contributed by atoms with Crippen LogP contribution < -0.4 is 5.32 Å². The number of aromatic nitrogens is 2. The van der Waals surface area contributed by atoms with E-state index in [0.717, 1.165) is 12.1 Å². The molecule has 0 saturated carbocycles. The number of nitrogens with zero attached hydrogens (tertiary/aromatic N) is 2. The fourth-order valence-electron chi connectivity index (χ4n) is 2.62. The van der Waals surface area contributed by atoms with E-state index < -0.39 is 17.5 Å². The molecule has 0 saturated heterocycles. The van der Waals surface area contributed by atoms with Crippen molar-refractivity contribution in [3.8, 4) is 11.4 Å². The van der Waals surface area contributed by atoms with Gasteiger partial charge in [0.15, 0.2) is 5.82 Å². The number of phenols is 1. The number of hydrogen-bond acceptors (Lipinski definition) is 3. The summed E-state index contributed by atoms with van der Waals surface area (Å²) >= 11 is 0. The van der Waals surface area contributed by atoms with Crippen LogP contribution in [0.15, 0.2) is 42.5 Å². The van der Waals surface area contributed by atoms with Crippen LogP contribution in [0.5, 0.6) is 5.75 Å². The van der Waals surface area contributed by atoms with E-state index in [4.69, 9.17) is 0 Å². The molecule has 3 aromatic rings. The number of nitrogens with one attached hydrogen (secondary N) is 1.